The predicted octanol–water partition coefficient (Wildman–Crippen LogP) is 3.33. The fourth-order valence-corrected chi connectivity index (χ4v) is 7.06. The minimum absolute atomic E-state index is 0.0749. The number of aliphatic hydroxyl groups is 1. The second-order valence-electron chi connectivity index (χ2n) is 11.6. The lowest BCUT2D eigenvalue weighted by Crippen LogP contribution is -2.55. The Morgan fingerprint density at radius 1 is 0.930 bits per heavy atom. The summed E-state index contributed by atoms with van der Waals surface area (Å²) in [4.78, 5) is 48.2. The van der Waals surface area contributed by atoms with E-state index in [2.05, 4.69) is 0 Å². The number of carbonyl (C=O) groups excluding carboxylic acids is 3. The van der Waals surface area contributed by atoms with Crippen LogP contribution in [0.2, 0.25) is 0 Å². The summed E-state index contributed by atoms with van der Waals surface area (Å²) >= 11 is 0. The van der Waals surface area contributed by atoms with Crippen molar-refractivity contribution in [2.75, 3.05) is 37.7 Å². The summed E-state index contributed by atoms with van der Waals surface area (Å²) < 4.78 is 12.3. The van der Waals surface area contributed by atoms with Crippen molar-refractivity contribution in [2.24, 2.45) is 11.8 Å². The van der Waals surface area contributed by atoms with Crippen molar-refractivity contribution in [1.82, 2.24) is 9.80 Å². The number of fused-ring (bicyclic) bond motifs is 2. The van der Waals surface area contributed by atoms with Crippen molar-refractivity contribution < 1.29 is 29.0 Å². The third-order valence-corrected chi connectivity index (χ3v) is 8.97. The monoisotopic (exact) mass is 585 g/mol. The number of hydrogen-bond donors (Lipinski definition) is 1. The van der Waals surface area contributed by atoms with Gasteiger partial charge in [0, 0.05) is 38.5 Å². The molecule has 0 aromatic heterocycles. The van der Waals surface area contributed by atoms with E-state index in [1.165, 1.54) is 0 Å². The highest BCUT2D eigenvalue weighted by Gasteiger charge is 2.71. The first-order valence-electron chi connectivity index (χ1n) is 15.3. The first kappa shape index (κ1) is 29.1. The van der Waals surface area contributed by atoms with Gasteiger partial charge in [-0.05, 0) is 56.0 Å². The number of carbonyl (C=O) groups is 3. The van der Waals surface area contributed by atoms with Crippen molar-refractivity contribution in [1.29, 1.82) is 0 Å². The van der Waals surface area contributed by atoms with E-state index < -0.39 is 29.6 Å². The van der Waals surface area contributed by atoms with E-state index in [0.29, 0.717) is 51.3 Å². The Hall–Kier alpha value is -3.95. The molecule has 3 amide bonds. The number of anilines is 1. The molecule has 0 aliphatic carbocycles. The van der Waals surface area contributed by atoms with Gasteiger partial charge in [-0.3, -0.25) is 14.4 Å². The van der Waals surface area contributed by atoms with Crippen LogP contribution in [0.3, 0.4) is 0 Å². The molecule has 5 atom stereocenters. The fraction of sp³-hybridized carbons (Fsp3) is 0.441. The number of likely N-dealkylation sites (tertiary alicyclic amines) is 1. The molecule has 1 unspecified atom stereocenters. The SMILES string of the molecule is CCOc1ccc(N2CC=C[C@@H]3O[C@]45C=CCN(Cc6ccccc6)C(=O)C4N(CCCCCO)C(=O)[C@@H]5[C@@H]3C2=O)cc1. The maximum absolute atomic E-state index is 14.4. The van der Waals surface area contributed by atoms with Crippen molar-refractivity contribution in [3.63, 3.8) is 0 Å². The zero-order valence-corrected chi connectivity index (χ0v) is 24.5. The molecule has 6 rings (SSSR count). The Morgan fingerprint density at radius 2 is 1.72 bits per heavy atom. The van der Waals surface area contributed by atoms with Crippen LogP contribution in [0.4, 0.5) is 5.69 Å². The van der Waals surface area contributed by atoms with Crippen LogP contribution >= 0.6 is 0 Å². The number of benzene rings is 2. The second-order valence-corrected chi connectivity index (χ2v) is 11.6. The summed E-state index contributed by atoms with van der Waals surface area (Å²) in [5.41, 5.74) is 0.453. The van der Waals surface area contributed by atoms with Gasteiger partial charge in [0.25, 0.3) is 0 Å². The van der Waals surface area contributed by atoms with Gasteiger partial charge in [0.15, 0.2) is 0 Å². The lowest BCUT2D eigenvalue weighted by atomic mass is 9.77. The van der Waals surface area contributed by atoms with Gasteiger partial charge in [0.05, 0.1) is 24.5 Å². The molecule has 2 aromatic carbocycles. The Balaban J connectivity index is 1.35. The number of nitrogens with zero attached hydrogens (tertiary/aromatic N) is 3. The molecule has 0 saturated carbocycles. The quantitative estimate of drug-likeness (QED) is 0.339. The van der Waals surface area contributed by atoms with Gasteiger partial charge < -0.3 is 29.3 Å². The molecule has 0 bridgehead atoms. The Labute approximate surface area is 252 Å². The number of ether oxygens (including phenoxy) is 2. The minimum Gasteiger partial charge on any atom is -0.494 e. The maximum Gasteiger partial charge on any atom is 0.249 e. The first-order valence-corrected chi connectivity index (χ1v) is 15.3. The van der Waals surface area contributed by atoms with Gasteiger partial charge >= 0.3 is 0 Å². The van der Waals surface area contributed by atoms with Crippen molar-refractivity contribution >= 4 is 23.4 Å². The molecule has 2 aromatic rings. The van der Waals surface area contributed by atoms with Crippen LogP contribution in [0.15, 0.2) is 78.9 Å². The van der Waals surface area contributed by atoms with Crippen LogP contribution in [0, 0.1) is 11.8 Å². The fourth-order valence-electron chi connectivity index (χ4n) is 7.06. The Kier molecular flexibility index (Phi) is 8.36. The number of hydrogen-bond acceptors (Lipinski definition) is 6. The van der Waals surface area contributed by atoms with Gasteiger partial charge in [-0.15, -0.1) is 0 Å². The van der Waals surface area contributed by atoms with E-state index in [9.17, 15) is 19.5 Å². The Morgan fingerprint density at radius 3 is 2.47 bits per heavy atom. The third-order valence-electron chi connectivity index (χ3n) is 8.97. The zero-order valence-electron chi connectivity index (χ0n) is 24.5. The number of rotatable bonds is 10. The smallest absolute Gasteiger partial charge is 0.249 e. The van der Waals surface area contributed by atoms with E-state index in [0.717, 1.165) is 17.7 Å². The summed E-state index contributed by atoms with van der Waals surface area (Å²) in [6, 6.07) is 16.3. The molecule has 226 valence electrons. The van der Waals surface area contributed by atoms with E-state index in [-0.39, 0.29) is 24.3 Å². The van der Waals surface area contributed by atoms with Gasteiger partial charge in [-0.25, -0.2) is 0 Å². The molecule has 2 fully saturated rings. The third kappa shape index (κ3) is 5.25. The van der Waals surface area contributed by atoms with Gasteiger partial charge in [0.2, 0.25) is 17.7 Å². The molecule has 1 spiro atoms. The van der Waals surface area contributed by atoms with E-state index >= 15 is 0 Å². The molecule has 4 aliphatic rings. The first-order chi connectivity index (χ1) is 21.0. The highest BCUT2D eigenvalue weighted by molar-refractivity contribution is 6.03. The molecule has 43 heavy (non-hydrogen) atoms. The molecule has 9 nitrogen and oxygen atoms in total. The molecule has 4 heterocycles. The lowest BCUT2D eigenvalue weighted by Gasteiger charge is -2.35. The summed E-state index contributed by atoms with van der Waals surface area (Å²) in [5, 5.41) is 9.30. The highest BCUT2D eigenvalue weighted by Crippen LogP contribution is 2.53. The minimum atomic E-state index is -1.26. The number of unbranched alkanes of at least 4 members (excludes halogenated alkanes) is 2. The summed E-state index contributed by atoms with van der Waals surface area (Å²) in [5.74, 6) is -1.49. The molecular weight excluding hydrogens is 546 g/mol. The molecule has 4 aliphatic heterocycles. The van der Waals surface area contributed by atoms with Crippen LogP contribution in [0.1, 0.15) is 31.7 Å². The van der Waals surface area contributed by atoms with E-state index in [1.807, 2.05) is 85.8 Å². The second kappa shape index (κ2) is 12.3. The summed E-state index contributed by atoms with van der Waals surface area (Å²) in [7, 11) is 0. The van der Waals surface area contributed by atoms with Crippen LogP contribution in [0.25, 0.3) is 0 Å². The molecule has 0 radical (unpaired) electrons. The normalized spacial score (nSPS) is 28.0. The zero-order chi connectivity index (χ0) is 30.0. The van der Waals surface area contributed by atoms with Crippen LogP contribution in [-0.4, -0.2) is 83.2 Å². The van der Waals surface area contributed by atoms with Crippen LogP contribution in [0.5, 0.6) is 5.75 Å². The van der Waals surface area contributed by atoms with E-state index in [1.54, 1.807) is 14.7 Å². The number of aliphatic hydroxyl groups excluding tert-OH is 1. The number of amides is 3. The van der Waals surface area contributed by atoms with Crippen LogP contribution < -0.4 is 9.64 Å². The Bertz CT molecular complexity index is 1390. The lowest BCUT2D eigenvalue weighted by molar-refractivity contribution is -0.147. The van der Waals surface area contributed by atoms with Gasteiger partial charge in [-0.2, -0.15) is 0 Å². The van der Waals surface area contributed by atoms with Crippen molar-refractivity contribution in [3.05, 3.63) is 84.5 Å². The average molecular weight is 586 g/mol. The molecule has 1 N–H and O–H groups in total. The van der Waals surface area contributed by atoms with Gasteiger partial charge in [0.1, 0.15) is 17.4 Å². The van der Waals surface area contributed by atoms with Crippen molar-refractivity contribution in [3.8, 4) is 5.75 Å². The van der Waals surface area contributed by atoms with Gasteiger partial charge in [-0.1, -0.05) is 54.6 Å². The molecule has 9 heteroatoms. The average Bonchev–Trinajstić information content (AvgIpc) is 3.33. The van der Waals surface area contributed by atoms with E-state index in [4.69, 9.17) is 9.47 Å². The maximum atomic E-state index is 14.4. The predicted molar refractivity (Wildman–Crippen MR) is 161 cm³/mol. The largest absolute Gasteiger partial charge is 0.494 e. The highest BCUT2D eigenvalue weighted by atomic mass is 16.5. The summed E-state index contributed by atoms with van der Waals surface area (Å²) in [6.45, 7) is 4.04. The van der Waals surface area contributed by atoms with Crippen LogP contribution in [-0.2, 0) is 25.7 Å². The molecular formula is C34H39N3O6. The summed E-state index contributed by atoms with van der Waals surface area (Å²) in [6.07, 6.45) is 8.94. The standard InChI is InChI=1S/C34H39N3O6/c1-2-42-26-16-14-25(15-17-26)36-21-9-13-27-28(31(36)39)29-32(40)37(20-7-4-8-22-38)30-33(41)35(19-10-18-34(29,30)43-27)23-24-11-5-3-6-12-24/h3,5-6,9-18,27-30,38H,2,4,7-8,19-23H2,1H3/t27-,28+,29-,30?,34-/m0/s1. The molecule has 2 saturated heterocycles. The topological polar surface area (TPSA) is 99.6 Å². The van der Waals surface area contributed by atoms with Crippen molar-refractivity contribution in [2.45, 2.75) is 50.5 Å².